The number of hydrogen-bond acceptors (Lipinski definition) is 3. The standard InChI is InChI=1S/C17H27FN4O/c1-2-22-11-3-5-15(22)13-21-17(19)20-10-4-12-23-16-8-6-14(18)7-9-16/h6-9,15H,2-5,10-13H2,1H3,(H3,19,20,21). The summed E-state index contributed by atoms with van der Waals surface area (Å²) in [6, 6.07) is 6.56. The van der Waals surface area contributed by atoms with E-state index in [2.05, 4.69) is 22.1 Å². The number of hydrogen-bond donors (Lipinski definition) is 2. The molecule has 1 saturated heterocycles. The normalized spacial score (nSPS) is 19.0. The van der Waals surface area contributed by atoms with Crippen LogP contribution in [0.4, 0.5) is 4.39 Å². The number of nitrogens with two attached hydrogens (primary N) is 1. The molecule has 1 heterocycles. The molecule has 1 aromatic carbocycles. The first-order valence-corrected chi connectivity index (χ1v) is 8.35. The van der Waals surface area contributed by atoms with Crippen molar-refractivity contribution in [2.75, 3.05) is 32.8 Å². The highest BCUT2D eigenvalue weighted by Crippen LogP contribution is 2.16. The number of guanidine groups is 1. The fourth-order valence-corrected chi connectivity index (χ4v) is 2.79. The minimum atomic E-state index is -0.257. The number of rotatable bonds is 8. The van der Waals surface area contributed by atoms with Gasteiger partial charge in [-0.1, -0.05) is 6.92 Å². The zero-order chi connectivity index (χ0) is 16.5. The fourth-order valence-electron chi connectivity index (χ4n) is 2.79. The van der Waals surface area contributed by atoms with Gasteiger partial charge in [0.25, 0.3) is 0 Å². The van der Waals surface area contributed by atoms with Crippen LogP contribution in [0.3, 0.4) is 0 Å². The van der Waals surface area contributed by atoms with Crippen molar-refractivity contribution < 1.29 is 9.13 Å². The summed E-state index contributed by atoms with van der Waals surface area (Å²) in [7, 11) is 0. The third-order valence-electron chi connectivity index (χ3n) is 4.09. The van der Waals surface area contributed by atoms with Gasteiger partial charge in [-0.2, -0.15) is 0 Å². The van der Waals surface area contributed by atoms with Gasteiger partial charge in [-0.3, -0.25) is 9.89 Å². The van der Waals surface area contributed by atoms with Crippen LogP contribution in [0.15, 0.2) is 29.3 Å². The number of halogens is 1. The van der Waals surface area contributed by atoms with Gasteiger partial charge in [-0.25, -0.2) is 4.39 Å². The third kappa shape index (κ3) is 6.06. The van der Waals surface area contributed by atoms with Crippen molar-refractivity contribution in [2.45, 2.75) is 32.2 Å². The molecule has 5 nitrogen and oxygen atoms in total. The number of ether oxygens (including phenoxy) is 1. The monoisotopic (exact) mass is 322 g/mol. The number of likely N-dealkylation sites (N-methyl/N-ethyl adjacent to an activating group) is 1. The van der Waals surface area contributed by atoms with E-state index in [1.54, 1.807) is 12.1 Å². The van der Waals surface area contributed by atoms with Gasteiger partial charge in [0.2, 0.25) is 0 Å². The predicted molar refractivity (Wildman–Crippen MR) is 91.3 cm³/mol. The van der Waals surface area contributed by atoms with E-state index >= 15 is 0 Å². The Morgan fingerprint density at radius 2 is 2.22 bits per heavy atom. The molecule has 1 aliphatic rings. The van der Waals surface area contributed by atoms with Crippen LogP contribution in [-0.4, -0.2) is 49.7 Å². The molecule has 0 saturated carbocycles. The highest BCUT2D eigenvalue weighted by molar-refractivity contribution is 5.77. The second-order valence-corrected chi connectivity index (χ2v) is 5.73. The van der Waals surface area contributed by atoms with Crippen LogP contribution < -0.4 is 15.8 Å². The summed E-state index contributed by atoms with van der Waals surface area (Å²) in [5, 5.41) is 3.10. The SMILES string of the molecule is CCN1CCCC1CN=C(N)NCCCOc1ccc(F)cc1. The summed E-state index contributed by atoms with van der Waals surface area (Å²) in [6.07, 6.45) is 3.26. The number of nitrogens with one attached hydrogen (secondary N) is 1. The molecule has 0 bridgehead atoms. The van der Waals surface area contributed by atoms with E-state index in [0.29, 0.717) is 30.9 Å². The van der Waals surface area contributed by atoms with E-state index in [-0.39, 0.29) is 5.82 Å². The minimum absolute atomic E-state index is 0.257. The summed E-state index contributed by atoms with van der Waals surface area (Å²) >= 11 is 0. The lowest BCUT2D eigenvalue weighted by atomic mass is 10.2. The fraction of sp³-hybridized carbons (Fsp3) is 0.588. The Labute approximate surface area is 137 Å². The van der Waals surface area contributed by atoms with E-state index in [9.17, 15) is 4.39 Å². The summed E-state index contributed by atoms with van der Waals surface area (Å²) in [4.78, 5) is 6.88. The Morgan fingerprint density at radius 3 is 2.96 bits per heavy atom. The molecule has 128 valence electrons. The van der Waals surface area contributed by atoms with Gasteiger partial charge < -0.3 is 15.8 Å². The van der Waals surface area contributed by atoms with Crippen LogP contribution in [0, 0.1) is 5.82 Å². The smallest absolute Gasteiger partial charge is 0.188 e. The first-order chi connectivity index (χ1) is 11.2. The van der Waals surface area contributed by atoms with Crippen LogP contribution >= 0.6 is 0 Å². The molecular weight excluding hydrogens is 295 g/mol. The van der Waals surface area contributed by atoms with Gasteiger partial charge >= 0.3 is 0 Å². The van der Waals surface area contributed by atoms with Crippen molar-refractivity contribution in [3.8, 4) is 5.75 Å². The molecule has 0 radical (unpaired) electrons. The van der Waals surface area contributed by atoms with Crippen LogP contribution in [-0.2, 0) is 0 Å². The third-order valence-corrected chi connectivity index (χ3v) is 4.09. The lowest BCUT2D eigenvalue weighted by Gasteiger charge is -2.20. The van der Waals surface area contributed by atoms with Gasteiger partial charge in [-0.05, 0) is 56.6 Å². The molecule has 6 heteroatoms. The average molecular weight is 322 g/mol. The zero-order valence-electron chi connectivity index (χ0n) is 13.8. The van der Waals surface area contributed by atoms with E-state index in [0.717, 1.165) is 19.5 Å². The molecule has 0 spiro atoms. The maximum atomic E-state index is 12.8. The molecular formula is C17H27FN4O. The lowest BCUT2D eigenvalue weighted by Crippen LogP contribution is -2.36. The molecule has 1 aliphatic heterocycles. The second-order valence-electron chi connectivity index (χ2n) is 5.73. The van der Waals surface area contributed by atoms with Gasteiger partial charge in [0.1, 0.15) is 11.6 Å². The quantitative estimate of drug-likeness (QED) is 0.436. The summed E-state index contributed by atoms with van der Waals surface area (Å²) in [5.41, 5.74) is 5.89. The van der Waals surface area contributed by atoms with Crippen molar-refractivity contribution in [3.63, 3.8) is 0 Å². The molecule has 0 aromatic heterocycles. The summed E-state index contributed by atoms with van der Waals surface area (Å²) in [5.74, 6) is 0.913. The Kier molecular flexibility index (Phi) is 7.13. The summed E-state index contributed by atoms with van der Waals surface area (Å²) < 4.78 is 18.3. The number of benzene rings is 1. The molecule has 1 aromatic rings. The van der Waals surface area contributed by atoms with Gasteiger partial charge in [0.05, 0.1) is 13.2 Å². The topological polar surface area (TPSA) is 62.9 Å². The Bertz CT molecular complexity index is 492. The first kappa shape index (κ1) is 17.5. The minimum Gasteiger partial charge on any atom is -0.494 e. The van der Waals surface area contributed by atoms with Crippen LogP contribution in [0.2, 0.25) is 0 Å². The van der Waals surface area contributed by atoms with Crippen molar-refractivity contribution in [1.82, 2.24) is 10.2 Å². The predicted octanol–water partition coefficient (Wildman–Crippen LogP) is 1.98. The van der Waals surface area contributed by atoms with Crippen LogP contribution in [0.1, 0.15) is 26.2 Å². The molecule has 1 fully saturated rings. The molecule has 0 amide bonds. The average Bonchev–Trinajstić information content (AvgIpc) is 3.02. The molecule has 23 heavy (non-hydrogen) atoms. The maximum absolute atomic E-state index is 12.8. The Balaban J connectivity index is 1.58. The summed E-state index contributed by atoms with van der Waals surface area (Å²) in [6.45, 7) is 6.46. The van der Waals surface area contributed by atoms with Gasteiger partial charge in [0, 0.05) is 12.6 Å². The van der Waals surface area contributed by atoms with Crippen molar-refractivity contribution in [1.29, 1.82) is 0 Å². The number of nitrogens with zero attached hydrogens (tertiary/aromatic N) is 2. The highest BCUT2D eigenvalue weighted by atomic mass is 19.1. The maximum Gasteiger partial charge on any atom is 0.188 e. The van der Waals surface area contributed by atoms with E-state index in [1.807, 2.05) is 0 Å². The molecule has 0 aliphatic carbocycles. The van der Waals surface area contributed by atoms with E-state index in [4.69, 9.17) is 10.5 Å². The second kappa shape index (κ2) is 9.35. The molecule has 1 atom stereocenters. The molecule has 3 N–H and O–H groups in total. The number of likely N-dealkylation sites (tertiary alicyclic amines) is 1. The lowest BCUT2D eigenvalue weighted by molar-refractivity contribution is 0.273. The van der Waals surface area contributed by atoms with Crippen LogP contribution in [0.25, 0.3) is 0 Å². The Morgan fingerprint density at radius 1 is 1.43 bits per heavy atom. The van der Waals surface area contributed by atoms with Crippen molar-refractivity contribution in [2.24, 2.45) is 10.7 Å². The molecule has 1 unspecified atom stereocenters. The van der Waals surface area contributed by atoms with E-state index in [1.165, 1.54) is 31.5 Å². The van der Waals surface area contributed by atoms with Gasteiger partial charge in [0.15, 0.2) is 5.96 Å². The zero-order valence-corrected chi connectivity index (χ0v) is 13.8. The Hall–Kier alpha value is -1.82. The van der Waals surface area contributed by atoms with Crippen LogP contribution in [0.5, 0.6) is 5.75 Å². The van der Waals surface area contributed by atoms with Gasteiger partial charge in [-0.15, -0.1) is 0 Å². The van der Waals surface area contributed by atoms with Crippen molar-refractivity contribution >= 4 is 5.96 Å². The first-order valence-electron chi connectivity index (χ1n) is 8.35. The van der Waals surface area contributed by atoms with Crippen molar-refractivity contribution in [3.05, 3.63) is 30.1 Å². The van der Waals surface area contributed by atoms with E-state index < -0.39 is 0 Å². The largest absolute Gasteiger partial charge is 0.494 e. The number of aliphatic imine (C=N–C) groups is 1. The molecule has 2 rings (SSSR count). The highest BCUT2D eigenvalue weighted by Gasteiger charge is 2.22.